The predicted octanol–water partition coefficient (Wildman–Crippen LogP) is 2.66. The van der Waals surface area contributed by atoms with E-state index in [9.17, 15) is 9.59 Å². The van der Waals surface area contributed by atoms with Crippen LogP contribution in [-0.2, 0) is 9.59 Å². The third-order valence-corrected chi connectivity index (χ3v) is 2.88. The lowest BCUT2D eigenvalue weighted by molar-refractivity contribution is -0.131. The smallest absolute Gasteiger partial charge is 0.328 e. The second-order valence-corrected chi connectivity index (χ2v) is 4.04. The zero-order chi connectivity index (χ0) is 13.7. The van der Waals surface area contributed by atoms with Crippen molar-refractivity contribution in [1.82, 2.24) is 0 Å². The molecule has 1 unspecified atom stereocenters. The Kier molecular flexibility index (Phi) is 4.92. The quantitative estimate of drug-likeness (QED) is 0.659. The maximum Gasteiger partial charge on any atom is 0.328 e. The van der Waals surface area contributed by atoms with E-state index < -0.39 is 11.3 Å². The number of ether oxygens (including phenoxy) is 1. The van der Waals surface area contributed by atoms with Gasteiger partial charge in [-0.05, 0) is 24.6 Å². The summed E-state index contributed by atoms with van der Waals surface area (Å²) in [5, 5.41) is 7.82. The van der Waals surface area contributed by atoms with Gasteiger partial charge in [-0.15, -0.1) is 11.6 Å². The monoisotopic (exact) mass is 268 g/mol. The highest BCUT2D eigenvalue weighted by Gasteiger charge is 2.18. The minimum Gasteiger partial charge on any atom is -0.496 e. The van der Waals surface area contributed by atoms with E-state index in [1.54, 1.807) is 18.2 Å². The Labute approximate surface area is 110 Å². The maximum absolute atomic E-state index is 11.3. The van der Waals surface area contributed by atoms with Crippen LogP contribution in [0.3, 0.4) is 0 Å². The maximum atomic E-state index is 11.3. The first kappa shape index (κ1) is 14.3. The van der Waals surface area contributed by atoms with Crippen molar-refractivity contribution in [3.8, 4) is 5.75 Å². The van der Waals surface area contributed by atoms with Gasteiger partial charge in [-0.1, -0.05) is 12.1 Å². The van der Waals surface area contributed by atoms with Crippen LogP contribution in [0.4, 0.5) is 0 Å². The van der Waals surface area contributed by atoms with Crippen LogP contribution in [0, 0.1) is 0 Å². The molecule has 18 heavy (non-hydrogen) atoms. The first-order valence-electron chi connectivity index (χ1n) is 5.19. The van der Waals surface area contributed by atoms with Crippen molar-refractivity contribution in [3.05, 3.63) is 35.4 Å². The number of ketones is 1. The Hall–Kier alpha value is -1.81. The fourth-order valence-corrected chi connectivity index (χ4v) is 1.70. The third-order valence-electron chi connectivity index (χ3n) is 2.34. The number of halogens is 1. The van der Waals surface area contributed by atoms with Crippen LogP contribution < -0.4 is 4.74 Å². The van der Waals surface area contributed by atoms with Crippen LogP contribution in [0.25, 0.3) is 6.08 Å². The lowest BCUT2D eigenvalue weighted by Gasteiger charge is -2.13. The van der Waals surface area contributed by atoms with Crippen molar-refractivity contribution >= 4 is 29.4 Å². The SMILES string of the molecule is COc1cccc(C(Cl)C(C)=O)c1C=CC(=O)O. The molecular formula is C13H13ClO4. The lowest BCUT2D eigenvalue weighted by atomic mass is 10.0. The summed E-state index contributed by atoms with van der Waals surface area (Å²) in [7, 11) is 1.47. The molecule has 5 heteroatoms. The number of carboxylic acid groups (broad SMARTS) is 1. The normalized spacial score (nSPS) is 12.4. The van der Waals surface area contributed by atoms with Crippen molar-refractivity contribution in [2.24, 2.45) is 0 Å². The van der Waals surface area contributed by atoms with Crippen LogP contribution in [0.1, 0.15) is 23.4 Å². The van der Waals surface area contributed by atoms with Gasteiger partial charge in [0.15, 0.2) is 5.78 Å². The van der Waals surface area contributed by atoms with E-state index in [4.69, 9.17) is 21.4 Å². The van der Waals surface area contributed by atoms with Crippen LogP contribution in [0.2, 0.25) is 0 Å². The molecule has 0 aliphatic carbocycles. The zero-order valence-electron chi connectivity index (χ0n) is 10.0. The molecule has 0 aliphatic rings. The van der Waals surface area contributed by atoms with Crippen LogP contribution in [0.5, 0.6) is 5.75 Å². The third kappa shape index (κ3) is 3.34. The number of alkyl halides is 1. The van der Waals surface area contributed by atoms with E-state index >= 15 is 0 Å². The molecule has 1 atom stereocenters. The van der Waals surface area contributed by atoms with Crippen LogP contribution >= 0.6 is 11.6 Å². The van der Waals surface area contributed by atoms with Crippen LogP contribution in [-0.4, -0.2) is 24.0 Å². The highest BCUT2D eigenvalue weighted by atomic mass is 35.5. The fraction of sp³-hybridized carbons (Fsp3) is 0.231. The van der Waals surface area contributed by atoms with E-state index in [0.29, 0.717) is 16.9 Å². The van der Waals surface area contributed by atoms with E-state index in [-0.39, 0.29) is 5.78 Å². The van der Waals surface area contributed by atoms with Gasteiger partial charge in [-0.25, -0.2) is 4.79 Å². The molecule has 0 fully saturated rings. The topological polar surface area (TPSA) is 63.6 Å². The fourth-order valence-electron chi connectivity index (χ4n) is 1.51. The summed E-state index contributed by atoms with van der Waals surface area (Å²) in [5.41, 5.74) is 1.03. The first-order valence-corrected chi connectivity index (χ1v) is 5.63. The summed E-state index contributed by atoms with van der Waals surface area (Å²) in [6, 6.07) is 5.04. The van der Waals surface area contributed by atoms with Gasteiger partial charge in [0.1, 0.15) is 11.1 Å². The molecule has 0 amide bonds. The number of aliphatic carboxylic acids is 1. The molecule has 96 valence electrons. The molecule has 0 aromatic heterocycles. The molecule has 0 saturated carbocycles. The molecule has 1 rings (SSSR count). The number of hydrogen-bond donors (Lipinski definition) is 1. The summed E-state index contributed by atoms with van der Waals surface area (Å²) in [4.78, 5) is 21.9. The van der Waals surface area contributed by atoms with Gasteiger partial charge in [0, 0.05) is 11.6 Å². The van der Waals surface area contributed by atoms with Gasteiger partial charge in [0.25, 0.3) is 0 Å². The largest absolute Gasteiger partial charge is 0.496 e. The van der Waals surface area contributed by atoms with E-state index in [1.807, 2.05) is 0 Å². The summed E-state index contributed by atoms with van der Waals surface area (Å²) in [5.74, 6) is -0.826. The number of benzene rings is 1. The Morgan fingerprint density at radius 1 is 1.44 bits per heavy atom. The van der Waals surface area contributed by atoms with E-state index in [1.165, 1.54) is 20.1 Å². The lowest BCUT2D eigenvalue weighted by Crippen LogP contribution is -2.05. The summed E-state index contributed by atoms with van der Waals surface area (Å²) < 4.78 is 5.13. The molecule has 0 radical (unpaired) electrons. The molecular weight excluding hydrogens is 256 g/mol. The van der Waals surface area contributed by atoms with Gasteiger partial charge >= 0.3 is 5.97 Å². The number of rotatable bonds is 5. The Morgan fingerprint density at radius 2 is 2.11 bits per heavy atom. The van der Waals surface area contributed by atoms with Gasteiger partial charge in [-0.2, -0.15) is 0 Å². The number of hydrogen-bond acceptors (Lipinski definition) is 3. The van der Waals surface area contributed by atoms with Gasteiger partial charge in [0.05, 0.1) is 7.11 Å². The van der Waals surface area contributed by atoms with Crippen molar-refractivity contribution < 1.29 is 19.4 Å². The number of carbonyl (C=O) groups excluding carboxylic acids is 1. The van der Waals surface area contributed by atoms with Crippen LogP contribution in [0.15, 0.2) is 24.3 Å². The van der Waals surface area contributed by atoms with Gasteiger partial charge in [0.2, 0.25) is 0 Å². The van der Waals surface area contributed by atoms with Gasteiger partial charge < -0.3 is 9.84 Å². The van der Waals surface area contributed by atoms with Crippen molar-refractivity contribution in [2.45, 2.75) is 12.3 Å². The summed E-state index contributed by atoms with van der Waals surface area (Å²) in [6.07, 6.45) is 2.35. The predicted molar refractivity (Wildman–Crippen MR) is 68.9 cm³/mol. The van der Waals surface area contributed by atoms with Crippen molar-refractivity contribution in [2.75, 3.05) is 7.11 Å². The molecule has 0 saturated heterocycles. The minimum atomic E-state index is -1.08. The molecule has 0 spiro atoms. The van der Waals surface area contributed by atoms with Crippen molar-refractivity contribution in [1.29, 1.82) is 0 Å². The molecule has 1 N–H and O–H groups in total. The van der Waals surface area contributed by atoms with Crippen molar-refractivity contribution in [3.63, 3.8) is 0 Å². The molecule has 0 aliphatic heterocycles. The molecule has 0 bridgehead atoms. The Morgan fingerprint density at radius 3 is 2.61 bits per heavy atom. The molecule has 1 aromatic carbocycles. The number of Topliss-reactive ketones (excluding diaryl/α,β-unsaturated/α-hetero) is 1. The number of methoxy groups -OCH3 is 1. The number of carboxylic acids is 1. The van der Waals surface area contributed by atoms with E-state index in [2.05, 4.69) is 0 Å². The first-order chi connectivity index (χ1) is 8.47. The second-order valence-electron chi connectivity index (χ2n) is 3.61. The molecule has 0 heterocycles. The zero-order valence-corrected chi connectivity index (χ0v) is 10.8. The highest BCUT2D eigenvalue weighted by molar-refractivity contribution is 6.31. The number of carbonyl (C=O) groups is 2. The molecule has 1 aromatic rings. The molecule has 4 nitrogen and oxygen atoms in total. The highest BCUT2D eigenvalue weighted by Crippen LogP contribution is 2.32. The van der Waals surface area contributed by atoms with Gasteiger partial charge in [-0.3, -0.25) is 4.79 Å². The Balaban J connectivity index is 3.33. The Bertz CT molecular complexity index is 494. The van der Waals surface area contributed by atoms with E-state index in [0.717, 1.165) is 6.08 Å². The standard InChI is InChI=1S/C13H13ClO4/c1-8(15)13(14)10-4-3-5-11(18-2)9(10)6-7-12(16)17/h3-7,13H,1-2H3,(H,16,17). The average Bonchev–Trinajstić information content (AvgIpc) is 2.34. The summed E-state index contributed by atoms with van der Waals surface area (Å²) in [6.45, 7) is 1.38. The average molecular weight is 269 g/mol. The minimum absolute atomic E-state index is 0.213. The second kappa shape index (κ2) is 6.21. The summed E-state index contributed by atoms with van der Waals surface area (Å²) >= 11 is 6.00.